The molecule has 10 heteroatoms. The fraction of sp³-hybridized carbons (Fsp3) is 0.787. The number of phosphoric ester groups is 1. The molecule has 0 spiro atoms. The second-order valence-electron chi connectivity index (χ2n) is 15.3. The molecule has 332 valence electrons. The van der Waals surface area contributed by atoms with Gasteiger partial charge in [0.15, 0.2) is 6.10 Å². The second-order valence-corrected chi connectivity index (χ2v) is 16.7. The minimum Gasteiger partial charge on any atom is -0.462 e. The maximum atomic E-state index is 12.6. The highest BCUT2D eigenvalue weighted by atomic mass is 31.2. The zero-order valence-corrected chi connectivity index (χ0v) is 37.5. The Hall–Kier alpha value is -2.03. The predicted octanol–water partition coefficient (Wildman–Crippen LogP) is 13.5. The number of esters is 2. The van der Waals surface area contributed by atoms with Crippen LogP contribution < -0.4 is 5.73 Å². The number of unbranched alkanes of at least 4 members (excludes halogenated alkanes) is 22. The number of hydrogen-bond donors (Lipinski definition) is 2. The highest BCUT2D eigenvalue weighted by Gasteiger charge is 2.26. The monoisotopic (exact) mass is 824 g/mol. The molecule has 57 heavy (non-hydrogen) atoms. The van der Waals surface area contributed by atoms with Crippen molar-refractivity contribution in [3.63, 3.8) is 0 Å². The molecule has 0 bridgehead atoms. The first-order valence-electron chi connectivity index (χ1n) is 23.1. The van der Waals surface area contributed by atoms with Crippen molar-refractivity contribution in [1.82, 2.24) is 0 Å². The Morgan fingerprint density at radius 3 is 1.40 bits per heavy atom. The lowest BCUT2D eigenvalue weighted by Gasteiger charge is -2.19. The largest absolute Gasteiger partial charge is 0.472 e. The lowest BCUT2D eigenvalue weighted by molar-refractivity contribution is -0.161. The van der Waals surface area contributed by atoms with Crippen LogP contribution >= 0.6 is 7.82 Å². The standard InChI is InChI=1S/C47H86NO8P/c1-3-5-7-9-11-13-15-17-19-21-22-24-26-28-30-32-34-36-38-40-47(50)56-45(44-55-57(51,52)54-42-41-48)43-53-46(49)39-37-35-33-31-29-27-25-23-20-18-16-14-12-10-8-6-4-2/h12,14,18,20,25,27,31,33,45H,3-11,13,15-17,19,21-24,26,28-30,32,34-44,48H2,1-2H3,(H,51,52)/b14-12+,20-18+,27-25+,33-31+/t45-/m1/s1. The van der Waals surface area contributed by atoms with Gasteiger partial charge in [0, 0.05) is 19.4 Å². The van der Waals surface area contributed by atoms with Crippen molar-refractivity contribution in [3.05, 3.63) is 48.6 Å². The van der Waals surface area contributed by atoms with Gasteiger partial charge in [-0.2, -0.15) is 0 Å². The number of hydrogen-bond acceptors (Lipinski definition) is 8. The molecule has 0 rings (SSSR count). The van der Waals surface area contributed by atoms with Crippen molar-refractivity contribution >= 4 is 19.8 Å². The van der Waals surface area contributed by atoms with Crippen LogP contribution in [0.2, 0.25) is 0 Å². The van der Waals surface area contributed by atoms with E-state index in [1.807, 2.05) is 0 Å². The predicted molar refractivity (Wildman–Crippen MR) is 238 cm³/mol. The summed E-state index contributed by atoms with van der Waals surface area (Å²) in [5.74, 6) is -0.889. The van der Waals surface area contributed by atoms with Gasteiger partial charge in [-0.3, -0.25) is 18.6 Å². The number of nitrogens with two attached hydrogens (primary N) is 1. The summed E-state index contributed by atoms with van der Waals surface area (Å²) in [7, 11) is -4.39. The SMILES string of the molecule is CCCCC/C=C/C/C=C/C/C=C/C/C=C/CCCC(=O)OC[C@H](COP(=O)(O)OCCN)OC(=O)CCCCCCCCCCCCCCCCCCCCC. The smallest absolute Gasteiger partial charge is 0.462 e. The van der Waals surface area contributed by atoms with Crippen molar-refractivity contribution in [1.29, 1.82) is 0 Å². The summed E-state index contributed by atoms with van der Waals surface area (Å²) in [6, 6.07) is 0. The number of carbonyl (C=O) groups is 2. The molecule has 0 aromatic carbocycles. The molecular formula is C47H86NO8P. The van der Waals surface area contributed by atoms with Crippen LogP contribution in [0.4, 0.5) is 0 Å². The molecule has 1 unspecified atom stereocenters. The van der Waals surface area contributed by atoms with E-state index in [4.69, 9.17) is 24.3 Å². The lowest BCUT2D eigenvalue weighted by Crippen LogP contribution is -2.29. The second kappa shape index (κ2) is 43.5. The molecule has 0 amide bonds. The van der Waals surface area contributed by atoms with Gasteiger partial charge in [0.1, 0.15) is 6.61 Å². The summed E-state index contributed by atoms with van der Waals surface area (Å²) < 4.78 is 32.8. The molecule has 0 saturated carbocycles. The van der Waals surface area contributed by atoms with Gasteiger partial charge >= 0.3 is 19.8 Å². The number of rotatable bonds is 43. The van der Waals surface area contributed by atoms with Gasteiger partial charge in [-0.15, -0.1) is 0 Å². The zero-order valence-electron chi connectivity index (χ0n) is 36.6. The van der Waals surface area contributed by atoms with E-state index in [0.29, 0.717) is 12.8 Å². The molecule has 2 atom stereocenters. The van der Waals surface area contributed by atoms with Crippen LogP contribution in [-0.4, -0.2) is 49.3 Å². The highest BCUT2D eigenvalue weighted by Crippen LogP contribution is 2.43. The molecule has 0 aromatic heterocycles. The van der Waals surface area contributed by atoms with E-state index in [-0.39, 0.29) is 32.6 Å². The van der Waals surface area contributed by atoms with Crippen LogP contribution in [-0.2, 0) is 32.7 Å². The Morgan fingerprint density at radius 2 is 0.930 bits per heavy atom. The van der Waals surface area contributed by atoms with Gasteiger partial charge in [-0.05, 0) is 51.4 Å². The van der Waals surface area contributed by atoms with Crippen LogP contribution in [0, 0.1) is 0 Å². The third kappa shape index (κ3) is 43.4. The molecule has 0 fully saturated rings. The maximum absolute atomic E-state index is 12.6. The quantitative estimate of drug-likeness (QED) is 0.0267. The Bertz CT molecular complexity index is 1080. The zero-order chi connectivity index (χ0) is 41.8. The van der Waals surface area contributed by atoms with Crippen LogP contribution in [0.3, 0.4) is 0 Å². The van der Waals surface area contributed by atoms with Gasteiger partial charge in [-0.25, -0.2) is 4.57 Å². The third-order valence-electron chi connectivity index (χ3n) is 9.72. The van der Waals surface area contributed by atoms with Crippen molar-refractivity contribution in [2.75, 3.05) is 26.4 Å². The summed E-state index contributed by atoms with van der Waals surface area (Å²) in [6.45, 7) is 3.66. The summed E-state index contributed by atoms with van der Waals surface area (Å²) in [5, 5.41) is 0. The normalized spacial score (nSPS) is 13.7. The van der Waals surface area contributed by atoms with Gasteiger partial charge in [0.05, 0.1) is 13.2 Å². The lowest BCUT2D eigenvalue weighted by atomic mass is 10.0. The Kier molecular flexibility index (Phi) is 42.0. The number of carbonyl (C=O) groups excluding carboxylic acids is 2. The van der Waals surface area contributed by atoms with Gasteiger partial charge < -0.3 is 20.1 Å². The van der Waals surface area contributed by atoms with E-state index in [9.17, 15) is 19.0 Å². The van der Waals surface area contributed by atoms with Gasteiger partial charge in [0.25, 0.3) is 0 Å². The first-order valence-corrected chi connectivity index (χ1v) is 24.6. The minimum absolute atomic E-state index is 0.0461. The minimum atomic E-state index is -4.39. The molecule has 9 nitrogen and oxygen atoms in total. The first-order chi connectivity index (χ1) is 27.8. The fourth-order valence-corrected chi connectivity index (χ4v) is 7.04. The van der Waals surface area contributed by atoms with Gasteiger partial charge in [0.2, 0.25) is 0 Å². The maximum Gasteiger partial charge on any atom is 0.472 e. The summed E-state index contributed by atoms with van der Waals surface area (Å²) in [6.07, 6.45) is 50.1. The topological polar surface area (TPSA) is 134 Å². The van der Waals surface area contributed by atoms with Crippen molar-refractivity contribution in [2.45, 2.75) is 213 Å². The van der Waals surface area contributed by atoms with Gasteiger partial charge in [-0.1, -0.05) is 191 Å². The van der Waals surface area contributed by atoms with E-state index in [1.54, 1.807) is 0 Å². The van der Waals surface area contributed by atoms with E-state index in [1.165, 1.54) is 122 Å². The van der Waals surface area contributed by atoms with E-state index < -0.39 is 32.5 Å². The molecule has 3 N–H and O–H groups in total. The molecule has 0 saturated heterocycles. The van der Waals surface area contributed by atoms with Crippen LogP contribution in [0.1, 0.15) is 206 Å². The third-order valence-corrected chi connectivity index (χ3v) is 10.7. The molecular weight excluding hydrogens is 737 g/mol. The Morgan fingerprint density at radius 1 is 0.526 bits per heavy atom. The molecule has 0 aliphatic heterocycles. The Balaban J connectivity index is 4.18. The molecule has 0 radical (unpaired) electrons. The first kappa shape index (κ1) is 55.0. The number of ether oxygens (including phenoxy) is 2. The molecule has 0 aromatic rings. The van der Waals surface area contributed by atoms with E-state index in [2.05, 4.69) is 62.5 Å². The average Bonchev–Trinajstić information content (AvgIpc) is 3.20. The Labute approximate surface area is 349 Å². The number of phosphoric acid groups is 1. The fourth-order valence-electron chi connectivity index (χ4n) is 6.27. The van der Waals surface area contributed by atoms with Crippen LogP contribution in [0.15, 0.2) is 48.6 Å². The van der Waals surface area contributed by atoms with Crippen LogP contribution in [0.5, 0.6) is 0 Å². The summed E-state index contributed by atoms with van der Waals surface area (Å²) in [5.41, 5.74) is 5.35. The molecule has 0 aliphatic rings. The van der Waals surface area contributed by atoms with Crippen LogP contribution in [0.25, 0.3) is 0 Å². The highest BCUT2D eigenvalue weighted by molar-refractivity contribution is 7.47. The average molecular weight is 824 g/mol. The molecule has 0 aliphatic carbocycles. The van der Waals surface area contributed by atoms with Crippen molar-refractivity contribution < 1.29 is 37.6 Å². The summed E-state index contributed by atoms with van der Waals surface area (Å²) in [4.78, 5) is 34.9. The van der Waals surface area contributed by atoms with Crippen molar-refractivity contribution in [2.24, 2.45) is 5.73 Å². The number of allylic oxidation sites excluding steroid dienone is 8. The van der Waals surface area contributed by atoms with E-state index in [0.717, 1.165) is 44.9 Å². The summed E-state index contributed by atoms with van der Waals surface area (Å²) >= 11 is 0. The van der Waals surface area contributed by atoms with E-state index >= 15 is 0 Å². The molecule has 0 heterocycles. The van der Waals surface area contributed by atoms with Crippen molar-refractivity contribution in [3.8, 4) is 0 Å².